The molecule has 0 aliphatic rings. The molecule has 0 radical (unpaired) electrons. The largest absolute Gasteiger partial charge is 0.394 e. The van der Waals surface area contributed by atoms with Crippen molar-refractivity contribution in [3.05, 3.63) is 34.4 Å². The number of benzene rings is 1. The predicted molar refractivity (Wildman–Crippen MR) is 60.0 cm³/mol. The number of carbonyl (C=O) groups is 1. The van der Waals surface area contributed by atoms with Gasteiger partial charge < -0.3 is 10.8 Å². The van der Waals surface area contributed by atoms with Crippen molar-refractivity contribution in [1.82, 2.24) is 0 Å². The van der Waals surface area contributed by atoms with E-state index < -0.39 is 6.04 Å². The molecule has 0 aliphatic carbocycles. The summed E-state index contributed by atoms with van der Waals surface area (Å²) >= 11 is 0. The average molecular weight is 207 g/mol. The quantitative estimate of drug-likeness (QED) is 0.730. The Kier molecular flexibility index (Phi) is 3.61. The van der Waals surface area contributed by atoms with Gasteiger partial charge in [0, 0.05) is 5.56 Å². The Labute approximate surface area is 89.9 Å². The van der Waals surface area contributed by atoms with Gasteiger partial charge in [-0.1, -0.05) is 17.7 Å². The SMILES string of the molecule is Cc1cc(C)c(C(=O)C(N)CO)c(C)c1. The van der Waals surface area contributed by atoms with Gasteiger partial charge in [0.2, 0.25) is 0 Å². The maximum Gasteiger partial charge on any atom is 0.182 e. The van der Waals surface area contributed by atoms with Gasteiger partial charge in [-0.15, -0.1) is 0 Å². The number of hydrogen-bond acceptors (Lipinski definition) is 3. The van der Waals surface area contributed by atoms with Crippen LogP contribution in [0.4, 0.5) is 0 Å². The van der Waals surface area contributed by atoms with E-state index in [1.165, 1.54) is 0 Å². The third-order valence-electron chi connectivity index (χ3n) is 2.46. The molecule has 1 atom stereocenters. The Bertz CT molecular complexity index is 362. The van der Waals surface area contributed by atoms with Crippen molar-refractivity contribution in [2.75, 3.05) is 6.61 Å². The van der Waals surface area contributed by atoms with E-state index in [1.807, 2.05) is 32.9 Å². The van der Waals surface area contributed by atoms with Crippen LogP contribution in [0.2, 0.25) is 0 Å². The molecule has 0 spiro atoms. The van der Waals surface area contributed by atoms with Crippen LogP contribution in [0.3, 0.4) is 0 Å². The minimum atomic E-state index is -0.815. The molecule has 0 saturated carbocycles. The number of ketones is 1. The van der Waals surface area contributed by atoms with Crippen LogP contribution in [0, 0.1) is 20.8 Å². The van der Waals surface area contributed by atoms with Crippen LogP contribution in [0.1, 0.15) is 27.0 Å². The number of rotatable bonds is 3. The molecule has 3 N–H and O–H groups in total. The summed E-state index contributed by atoms with van der Waals surface area (Å²) in [6.07, 6.45) is 0. The number of nitrogens with two attached hydrogens (primary N) is 1. The second-order valence-corrected chi connectivity index (χ2v) is 3.93. The van der Waals surface area contributed by atoms with E-state index in [0.29, 0.717) is 5.56 Å². The summed E-state index contributed by atoms with van der Waals surface area (Å²) in [5.74, 6) is -0.187. The summed E-state index contributed by atoms with van der Waals surface area (Å²) in [5, 5.41) is 8.86. The van der Waals surface area contributed by atoms with E-state index in [9.17, 15) is 4.79 Å². The van der Waals surface area contributed by atoms with Gasteiger partial charge in [0.15, 0.2) is 5.78 Å². The number of Topliss-reactive ketones (excluding diaryl/α,β-unsaturated/α-hetero) is 1. The van der Waals surface area contributed by atoms with E-state index in [0.717, 1.165) is 16.7 Å². The zero-order valence-corrected chi connectivity index (χ0v) is 9.37. The van der Waals surface area contributed by atoms with E-state index in [1.54, 1.807) is 0 Å². The fourth-order valence-electron chi connectivity index (χ4n) is 1.84. The van der Waals surface area contributed by atoms with Crippen molar-refractivity contribution >= 4 is 5.78 Å². The van der Waals surface area contributed by atoms with E-state index in [-0.39, 0.29) is 12.4 Å². The molecule has 1 unspecified atom stereocenters. The van der Waals surface area contributed by atoms with Gasteiger partial charge in [0.1, 0.15) is 0 Å². The highest BCUT2D eigenvalue weighted by atomic mass is 16.3. The van der Waals surface area contributed by atoms with Crippen molar-refractivity contribution in [2.45, 2.75) is 26.8 Å². The standard InChI is InChI=1S/C12H17NO2/c1-7-4-8(2)11(9(3)5-7)12(15)10(13)6-14/h4-5,10,14H,6,13H2,1-3H3. The first-order chi connectivity index (χ1) is 6.97. The third-order valence-corrected chi connectivity index (χ3v) is 2.46. The summed E-state index contributed by atoms with van der Waals surface area (Å²) in [6.45, 7) is 5.44. The lowest BCUT2D eigenvalue weighted by molar-refractivity contribution is 0.0924. The number of carbonyl (C=O) groups excluding carboxylic acids is 1. The second kappa shape index (κ2) is 4.55. The monoisotopic (exact) mass is 207 g/mol. The molecule has 0 saturated heterocycles. The zero-order chi connectivity index (χ0) is 11.6. The molecule has 0 aliphatic heterocycles. The van der Waals surface area contributed by atoms with Crippen molar-refractivity contribution < 1.29 is 9.90 Å². The molecule has 1 rings (SSSR count). The molecule has 15 heavy (non-hydrogen) atoms. The normalized spacial score (nSPS) is 12.6. The molecule has 3 nitrogen and oxygen atoms in total. The van der Waals surface area contributed by atoms with Crippen LogP contribution in [0.15, 0.2) is 12.1 Å². The Morgan fingerprint density at radius 2 is 1.80 bits per heavy atom. The molecule has 0 aromatic heterocycles. The fraction of sp³-hybridized carbons (Fsp3) is 0.417. The fourth-order valence-corrected chi connectivity index (χ4v) is 1.84. The molecule has 1 aromatic rings. The molecule has 3 heteroatoms. The molecule has 0 bridgehead atoms. The summed E-state index contributed by atoms with van der Waals surface area (Å²) in [5.41, 5.74) is 9.13. The topological polar surface area (TPSA) is 63.3 Å². The van der Waals surface area contributed by atoms with Gasteiger partial charge in [0.25, 0.3) is 0 Å². The van der Waals surface area contributed by atoms with Crippen LogP contribution in [0.5, 0.6) is 0 Å². The lowest BCUT2D eigenvalue weighted by Crippen LogP contribution is -2.34. The van der Waals surface area contributed by atoms with E-state index in [2.05, 4.69) is 0 Å². The maximum atomic E-state index is 11.8. The number of aryl methyl sites for hydroxylation is 3. The van der Waals surface area contributed by atoms with Gasteiger partial charge in [0.05, 0.1) is 12.6 Å². The van der Waals surface area contributed by atoms with Crippen molar-refractivity contribution in [3.8, 4) is 0 Å². The highest BCUT2D eigenvalue weighted by Gasteiger charge is 2.18. The van der Waals surface area contributed by atoms with Gasteiger partial charge >= 0.3 is 0 Å². The van der Waals surface area contributed by atoms with Gasteiger partial charge in [-0.25, -0.2) is 0 Å². The third kappa shape index (κ3) is 2.43. The molecule has 1 aromatic carbocycles. The Balaban J connectivity index is 3.20. The summed E-state index contributed by atoms with van der Waals surface area (Å²) in [7, 11) is 0. The molecule has 82 valence electrons. The first-order valence-corrected chi connectivity index (χ1v) is 4.96. The lowest BCUT2D eigenvalue weighted by Gasteiger charge is -2.13. The molecular weight excluding hydrogens is 190 g/mol. The maximum absolute atomic E-state index is 11.8. The average Bonchev–Trinajstić information content (AvgIpc) is 2.14. The Morgan fingerprint density at radius 3 is 2.20 bits per heavy atom. The summed E-state index contributed by atoms with van der Waals surface area (Å²) < 4.78 is 0. The van der Waals surface area contributed by atoms with Crippen LogP contribution >= 0.6 is 0 Å². The minimum Gasteiger partial charge on any atom is -0.394 e. The van der Waals surface area contributed by atoms with Crippen LogP contribution in [-0.2, 0) is 0 Å². The van der Waals surface area contributed by atoms with Gasteiger partial charge in [-0.2, -0.15) is 0 Å². The Morgan fingerprint density at radius 1 is 1.33 bits per heavy atom. The number of aliphatic hydroxyl groups excluding tert-OH is 1. The minimum absolute atomic E-state index is 0.187. The first kappa shape index (κ1) is 11.9. The van der Waals surface area contributed by atoms with Gasteiger partial charge in [-0.05, 0) is 31.9 Å². The van der Waals surface area contributed by atoms with Crippen LogP contribution in [-0.4, -0.2) is 23.5 Å². The summed E-state index contributed by atoms with van der Waals surface area (Å²) in [4.78, 5) is 11.8. The number of hydrogen-bond donors (Lipinski definition) is 2. The summed E-state index contributed by atoms with van der Waals surface area (Å²) in [6, 6.07) is 3.08. The van der Waals surface area contributed by atoms with E-state index >= 15 is 0 Å². The first-order valence-electron chi connectivity index (χ1n) is 4.96. The van der Waals surface area contributed by atoms with Crippen molar-refractivity contribution in [2.24, 2.45) is 5.73 Å². The predicted octanol–water partition coefficient (Wildman–Crippen LogP) is 1.11. The van der Waals surface area contributed by atoms with Crippen LogP contribution < -0.4 is 5.73 Å². The highest BCUT2D eigenvalue weighted by molar-refractivity contribution is 6.02. The van der Waals surface area contributed by atoms with Crippen molar-refractivity contribution in [1.29, 1.82) is 0 Å². The van der Waals surface area contributed by atoms with Gasteiger partial charge in [-0.3, -0.25) is 4.79 Å². The highest BCUT2D eigenvalue weighted by Crippen LogP contribution is 2.17. The number of aliphatic hydroxyl groups is 1. The molecule has 0 heterocycles. The Hall–Kier alpha value is -1.19. The second-order valence-electron chi connectivity index (χ2n) is 3.93. The van der Waals surface area contributed by atoms with Crippen molar-refractivity contribution in [3.63, 3.8) is 0 Å². The van der Waals surface area contributed by atoms with E-state index in [4.69, 9.17) is 10.8 Å². The smallest absolute Gasteiger partial charge is 0.182 e. The molecule has 0 amide bonds. The zero-order valence-electron chi connectivity index (χ0n) is 9.37. The molecule has 0 fully saturated rings. The lowest BCUT2D eigenvalue weighted by atomic mass is 9.94. The molecular formula is C12H17NO2. The van der Waals surface area contributed by atoms with Crippen LogP contribution in [0.25, 0.3) is 0 Å².